The molecule has 1 spiro atoms. The van der Waals surface area contributed by atoms with Crippen LogP contribution in [0.1, 0.15) is 33.6 Å². The van der Waals surface area contributed by atoms with Gasteiger partial charge in [-0.1, -0.05) is 12.1 Å². The number of nitrogens with one attached hydrogen (secondary N) is 2. The number of hydrogen-bond acceptors (Lipinski definition) is 4. The average Bonchev–Trinajstić information content (AvgIpc) is 2.95. The van der Waals surface area contributed by atoms with Gasteiger partial charge in [-0.05, 0) is 36.1 Å². The Labute approximate surface area is 152 Å². The van der Waals surface area contributed by atoms with Gasteiger partial charge in [-0.15, -0.1) is 23.7 Å². The second-order valence-corrected chi connectivity index (χ2v) is 7.51. The van der Waals surface area contributed by atoms with E-state index in [4.69, 9.17) is 0 Å². The Morgan fingerprint density at radius 3 is 2.62 bits per heavy atom. The molecule has 6 heteroatoms. The van der Waals surface area contributed by atoms with E-state index in [0.717, 1.165) is 43.7 Å². The topological polar surface area (TPSA) is 44.4 Å². The summed E-state index contributed by atoms with van der Waals surface area (Å²) in [5.41, 5.74) is 2.80. The molecule has 2 aliphatic heterocycles. The lowest BCUT2D eigenvalue weighted by Gasteiger charge is -2.45. The van der Waals surface area contributed by atoms with Crippen LogP contribution in [-0.4, -0.2) is 29.6 Å². The Hall–Kier alpha value is -1.56. The van der Waals surface area contributed by atoms with E-state index in [9.17, 15) is 4.79 Å². The molecule has 1 amide bonds. The molecule has 1 aromatic carbocycles. The van der Waals surface area contributed by atoms with E-state index >= 15 is 0 Å². The first-order chi connectivity index (χ1) is 11.2. The number of fused-ring (bicyclic) bond motifs is 1. The van der Waals surface area contributed by atoms with Crippen molar-refractivity contribution in [2.75, 3.05) is 18.4 Å². The lowest BCUT2D eigenvalue weighted by Crippen LogP contribution is -2.62. The van der Waals surface area contributed by atoms with Crippen LogP contribution >= 0.6 is 23.7 Å². The second-order valence-electron chi connectivity index (χ2n) is 6.51. The van der Waals surface area contributed by atoms with Crippen molar-refractivity contribution >= 4 is 35.3 Å². The fourth-order valence-corrected chi connectivity index (χ4v) is 4.42. The molecule has 0 unspecified atom stereocenters. The van der Waals surface area contributed by atoms with Crippen LogP contribution in [0, 0.1) is 6.92 Å². The van der Waals surface area contributed by atoms with E-state index in [1.807, 2.05) is 35.6 Å². The highest BCUT2D eigenvalue weighted by atomic mass is 35.5. The van der Waals surface area contributed by atoms with E-state index < -0.39 is 0 Å². The first kappa shape index (κ1) is 17.3. The van der Waals surface area contributed by atoms with Crippen molar-refractivity contribution in [2.24, 2.45) is 0 Å². The number of halogens is 1. The van der Waals surface area contributed by atoms with E-state index in [2.05, 4.69) is 33.9 Å². The van der Waals surface area contributed by atoms with Crippen molar-refractivity contribution < 1.29 is 4.79 Å². The van der Waals surface area contributed by atoms with Gasteiger partial charge in [0.1, 0.15) is 5.66 Å². The number of hydrogen-bond donors (Lipinski definition) is 2. The lowest BCUT2D eigenvalue weighted by molar-refractivity contribution is 0.0823. The van der Waals surface area contributed by atoms with Crippen LogP contribution in [0.2, 0.25) is 0 Å². The molecule has 0 radical (unpaired) electrons. The molecule has 4 nitrogen and oxygen atoms in total. The van der Waals surface area contributed by atoms with Gasteiger partial charge in [0.05, 0.1) is 5.56 Å². The highest BCUT2D eigenvalue weighted by molar-refractivity contribution is 7.10. The van der Waals surface area contributed by atoms with Crippen molar-refractivity contribution in [2.45, 2.75) is 32.0 Å². The number of aryl methyl sites for hydroxylation is 1. The zero-order valence-corrected chi connectivity index (χ0v) is 15.3. The quantitative estimate of drug-likeness (QED) is 0.856. The number of thiophene rings is 1. The fourth-order valence-electron chi connectivity index (χ4n) is 3.48. The molecular weight excluding hydrogens is 342 g/mol. The number of carbonyl (C=O) groups excluding carboxylic acids is 1. The van der Waals surface area contributed by atoms with Gasteiger partial charge in [0, 0.05) is 43.0 Å². The third kappa shape index (κ3) is 3.16. The minimum absolute atomic E-state index is 0. The Morgan fingerprint density at radius 1 is 1.17 bits per heavy atom. The van der Waals surface area contributed by atoms with Gasteiger partial charge in [0.2, 0.25) is 0 Å². The van der Waals surface area contributed by atoms with E-state index in [-0.39, 0.29) is 24.0 Å². The first-order valence-corrected chi connectivity index (χ1v) is 8.98. The third-order valence-electron chi connectivity index (χ3n) is 4.94. The molecule has 2 N–H and O–H groups in total. The Morgan fingerprint density at radius 2 is 1.92 bits per heavy atom. The molecule has 2 aliphatic rings. The molecule has 0 atom stereocenters. The molecule has 128 valence electrons. The Kier molecular flexibility index (Phi) is 4.85. The lowest BCUT2D eigenvalue weighted by atomic mass is 9.92. The summed E-state index contributed by atoms with van der Waals surface area (Å²) in [6, 6.07) is 9.94. The number of nitrogens with zero attached hydrogens (tertiary/aromatic N) is 1. The minimum atomic E-state index is -0.285. The van der Waals surface area contributed by atoms with E-state index in [1.165, 1.54) is 10.4 Å². The maximum Gasteiger partial charge on any atom is 0.255 e. The smallest absolute Gasteiger partial charge is 0.255 e. The van der Waals surface area contributed by atoms with Crippen LogP contribution in [0.4, 0.5) is 5.69 Å². The van der Waals surface area contributed by atoms with Crippen LogP contribution in [0.25, 0.3) is 0 Å². The van der Waals surface area contributed by atoms with Crippen LogP contribution in [-0.2, 0) is 6.54 Å². The molecule has 0 saturated carbocycles. The van der Waals surface area contributed by atoms with Gasteiger partial charge >= 0.3 is 0 Å². The SMILES string of the molecule is Cc1ccsc1CN1CCC2(CC1)NC(=O)c1ccccc1N2.Cl. The van der Waals surface area contributed by atoms with Gasteiger partial charge in [-0.3, -0.25) is 9.69 Å². The summed E-state index contributed by atoms with van der Waals surface area (Å²) in [5.74, 6) is 0.0434. The Balaban J connectivity index is 0.00000169. The number of rotatable bonds is 2. The molecule has 1 aromatic heterocycles. The van der Waals surface area contributed by atoms with Gasteiger partial charge in [-0.25, -0.2) is 0 Å². The molecule has 1 saturated heterocycles. The normalized spacial score (nSPS) is 19.1. The molecule has 3 heterocycles. The zero-order chi connectivity index (χ0) is 15.9. The van der Waals surface area contributed by atoms with Crippen LogP contribution in [0.15, 0.2) is 35.7 Å². The van der Waals surface area contributed by atoms with Crippen molar-refractivity contribution in [3.63, 3.8) is 0 Å². The van der Waals surface area contributed by atoms with Gasteiger partial charge in [-0.2, -0.15) is 0 Å². The summed E-state index contributed by atoms with van der Waals surface area (Å²) in [4.78, 5) is 16.3. The van der Waals surface area contributed by atoms with Gasteiger partial charge in [0.25, 0.3) is 5.91 Å². The zero-order valence-electron chi connectivity index (χ0n) is 13.7. The number of piperidine rings is 1. The van der Waals surface area contributed by atoms with Crippen molar-refractivity contribution in [1.82, 2.24) is 10.2 Å². The third-order valence-corrected chi connectivity index (χ3v) is 5.95. The highest BCUT2D eigenvalue weighted by Crippen LogP contribution is 2.32. The molecule has 24 heavy (non-hydrogen) atoms. The standard InChI is InChI=1S/C18H21N3OS.ClH/c1-13-6-11-23-16(13)12-21-9-7-18(8-10-21)19-15-5-3-2-4-14(15)17(22)20-18;/h2-6,11,19H,7-10,12H2,1H3,(H,20,22);1H. The predicted octanol–water partition coefficient (Wildman–Crippen LogP) is 3.63. The maximum atomic E-state index is 12.4. The highest BCUT2D eigenvalue weighted by Gasteiger charge is 2.39. The second kappa shape index (κ2) is 6.75. The summed E-state index contributed by atoms with van der Waals surface area (Å²) >= 11 is 1.83. The van der Waals surface area contributed by atoms with E-state index in [0.29, 0.717) is 0 Å². The monoisotopic (exact) mass is 363 g/mol. The molecule has 1 fully saturated rings. The first-order valence-electron chi connectivity index (χ1n) is 8.10. The summed E-state index contributed by atoms with van der Waals surface area (Å²) in [5, 5.41) is 8.94. The average molecular weight is 364 g/mol. The van der Waals surface area contributed by atoms with Crippen LogP contribution < -0.4 is 10.6 Å². The molecular formula is C18H22ClN3OS. The summed E-state index contributed by atoms with van der Waals surface area (Å²) in [6.07, 6.45) is 1.86. The number of para-hydroxylation sites is 1. The summed E-state index contributed by atoms with van der Waals surface area (Å²) < 4.78 is 0. The van der Waals surface area contributed by atoms with Crippen molar-refractivity contribution in [1.29, 1.82) is 0 Å². The number of anilines is 1. The van der Waals surface area contributed by atoms with Gasteiger partial charge in [0.15, 0.2) is 0 Å². The number of benzene rings is 1. The fraction of sp³-hybridized carbons (Fsp3) is 0.389. The molecule has 0 bridgehead atoms. The van der Waals surface area contributed by atoms with Crippen LogP contribution in [0.5, 0.6) is 0 Å². The van der Waals surface area contributed by atoms with Crippen molar-refractivity contribution in [3.05, 3.63) is 51.7 Å². The van der Waals surface area contributed by atoms with E-state index in [1.54, 1.807) is 0 Å². The van der Waals surface area contributed by atoms with Gasteiger partial charge < -0.3 is 10.6 Å². The number of amides is 1. The summed E-state index contributed by atoms with van der Waals surface area (Å²) in [7, 11) is 0. The summed E-state index contributed by atoms with van der Waals surface area (Å²) in [6.45, 7) is 5.18. The molecule has 0 aliphatic carbocycles. The minimum Gasteiger partial charge on any atom is -0.362 e. The number of likely N-dealkylation sites (tertiary alicyclic amines) is 1. The molecule has 4 rings (SSSR count). The van der Waals surface area contributed by atoms with Crippen molar-refractivity contribution in [3.8, 4) is 0 Å². The largest absolute Gasteiger partial charge is 0.362 e. The maximum absolute atomic E-state index is 12.4. The Bertz CT molecular complexity index is 737. The molecule has 2 aromatic rings. The van der Waals surface area contributed by atoms with Crippen LogP contribution in [0.3, 0.4) is 0 Å². The predicted molar refractivity (Wildman–Crippen MR) is 101 cm³/mol. The number of carbonyl (C=O) groups is 1.